The minimum Gasteiger partial charge on any atom is -0.338 e. The molecule has 0 aliphatic carbocycles. The molecule has 3 aromatic heterocycles. The Labute approximate surface area is 181 Å². The number of anilines is 1. The normalized spacial score (nSPS) is 14.6. The standard InChI is InChI=1S/C24H25N7/c1-17(28-23-15-25-7-8-27-23)24-21-12-19(5-6-22(21)29-30-24)20-11-18(13-26-14-20)16-31-9-3-2-4-10-31/h5-8,11-15H,1-4,9-10,16H2,(H,27,28)(H,29,30). The predicted molar refractivity (Wildman–Crippen MR) is 123 cm³/mol. The summed E-state index contributed by atoms with van der Waals surface area (Å²) in [5.74, 6) is 0.634. The number of H-pyrrole nitrogens is 1. The van der Waals surface area contributed by atoms with E-state index in [2.05, 4.69) is 60.1 Å². The van der Waals surface area contributed by atoms with Gasteiger partial charge in [-0.25, -0.2) is 4.98 Å². The highest BCUT2D eigenvalue weighted by molar-refractivity contribution is 5.94. The summed E-state index contributed by atoms with van der Waals surface area (Å²) in [5.41, 5.74) is 5.85. The van der Waals surface area contributed by atoms with Gasteiger partial charge in [0.1, 0.15) is 11.5 Å². The summed E-state index contributed by atoms with van der Waals surface area (Å²) in [6, 6.07) is 8.54. The van der Waals surface area contributed by atoms with Crippen LogP contribution in [0.25, 0.3) is 27.7 Å². The van der Waals surface area contributed by atoms with Gasteiger partial charge in [0.05, 0.1) is 17.4 Å². The van der Waals surface area contributed by atoms with E-state index in [0.717, 1.165) is 34.3 Å². The molecule has 7 nitrogen and oxygen atoms in total. The molecule has 5 rings (SSSR count). The second kappa shape index (κ2) is 8.65. The summed E-state index contributed by atoms with van der Waals surface area (Å²) in [5, 5.41) is 11.7. The lowest BCUT2D eigenvalue weighted by molar-refractivity contribution is 0.220. The van der Waals surface area contributed by atoms with Crippen LogP contribution in [0.4, 0.5) is 5.82 Å². The van der Waals surface area contributed by atoms with E-state index in [4.69, 9.17) is 0 Å². The molecule has 1 aromatic carbocycles. The fourth-order valence-electron chi connectivity index (χ4n) is 4.11. The van der Waals surface area contributed by atoms with Gasteiger partial charge in [0.2, 0.25) is 0 Å². The third-order valence-electron chi connectivity index (χ3n) is 5.67. The molecule has 156 valence electrons. The molecule has 4 aromatic rings. The van der Waals surface area contributed by atoms with Gasteiger partial charge in [0.25, 0.3) is 0 Å². The highest BCUT2D eigenvalue weighted by atomic mass is 15.1. The number of nitrogens with zero attached hydrogens (tertiary/aromatic N) is 5. The van der Waals surface area contributed by atoms with Crippen LogP contribution in [0.5, 0.6) is 0 Å². The van der Waals surface area contributed by atoms with Crippen molar-refractivity contribution in [2.75, 3.05) is 18.4 Å². The second-order valence-corrected chi connectivity index (χ2v) is 7.95. The summed E-state index contributed by atoms with van der Waals surface area (Å²) >= 11 is 0. The van der Waals surface area contributed by atoms with Crippen LogP contribution >= 0.6 is 0 Å². The quantitative estimate of drug-likeness (QED) is 0.487. The number of hydrogen-bond acceptors (Lipinski definition) is 6. The maximum atomic E-state index is 4.51. The summed E-state index contributed by atoms with van der Waals surface area (Å²) in [6.45, 7) is 7.45. The van der Waals surface area contributed by atoms with E-state index in [1.165, 1.54) is 37.9 Å². The van der Waals surface area contributed by atoms with E-state index < -0.39 is 0 Å². The molecule has 1 aliphatic rings. The number of pyridine rings is 1. The Morgan fingerprint density at radius 1 is 1.00 bits per heavy atom. The Morgan fingerprint density at radius 3 is 2.74 bits per heavy atom. The van der Waals surface area contributed by atoms with Gasteiger partial charge in [0, 0.05) is 42.3 Å². The molecule has 1 saturated heterocycles. The van der Waals surface area contributed by atoms with Gasteiger partial charge < -0.3 is 5.32 Å². The van der Waals surface area contributed by atoms with E-state index >= 15 is 0 Å². The number of fused-ring (bicyclic) bond motifs is 1. The van der Waals surface area contributed by atoms with Crippen molar-refractivity contribution in [2.24, 2.45) is 0 Å². The zero-order valence-electron chi connectivity index (χ0n) is 17.4. The van der Waals surface area contributed by atoms with Gasteiger partial charge in [-0.05, 0) is 55.3 Å². The minimum absolute atomic E-state index is 0.634. The van der Waals surface area contributed by atoms with E-state index in [9.17, 15) is 0 Å². The summed E-state index contributed by atoms with van der Waals surface area (Å²) in [6.07, 6.45) is 12.8. The fraction of sp³-hybridized carbons (Fsp3) is 0.250. The van der Waals surface area contributed by atoms with Crippen molar-refractivity contribution in [3.8, 4) is 11.1 Å². The molecule has 0 radical (unpaired) electrons. The van der Waals surface area contributed by atoms with E-state index in [0.29, 0.717) is 11.5 Å². The summed E-state index contributed by atoms with van der Waals surface area (Å²) in [7, 11) is 0. The van der Waals surface area contributed by atoms with Crippen LogP contribution in [0, 0.1) is 0 Å². The van der Waals surface area contributed by atoms with Crippen molar-refractivity contribution in [1.29, 1.82) is 0 Å². The Kier molecular flexibility index (Phi) is 5.41. The number of piperidine rings is 1. The van der Waals surface area contributed by atoms with Crippen LogP contribution in [0.15, 0.2) is 61.8 Å². The molecule has 0 unspecified atom stereocenters. The molecule has 7 heteroatoms. The monoisotopic (exact) mass is 411 g/mol. The zero-order chi connectivity index (χ0) is 21.0. The third-order valence-corrected chi connectivity index (χ3v) is 5.67. The Balaban J connectivity index is 1.41. The van der Waals surface area contributed by atoms with Crippen molar-refractivity contribution >= 4 is 22.4 Å². The number of hydrogen-bond donors (Lipinski definition) is 2. The fourth-order valence-corrected chi connectivity index (χ4v) is 4.11. The molecule has 1 fully saturated rings. The third kappa shape index (κ3) is 4.32. The SMILES string of the molecule is C=C(Nc1cnccn1)c1n[nH]c2ccc(-c3cncc(CN4CCCCC4)c3)cc12. The zero-order valence-corrected chi connectivity index (χ0v) is 17.4. The van der Waals surface area contributed by atoms with Crippen LogP contribution in [0.2, 0.25) is 0 Å². The Morgan fingerprint density at radius 2 is 1.90 bits per heavy atom. The van der Waals surface area contributed by atoms with Crippen molar-refractivity contribution in [2.45, 2.75) is 25.8 Å². The molecule has 0 spiro atoms. The molecule has 4 heterocycles. The smallest absolute Gasteiger partial charge is 0.148 e. The number of aromatic amines is 1. The first-order valence-electron chi connectivity index (χ1n) is 10.6. The Bertz CT molecular complexity index is 1190. The Hall–Kier alpha value is -3.58. The van der Waals surface area contributed by atoms with E-state index in [1.807, 2.05) is 18.5 Å². The molecule has 1 aliphatic heterocycles. The highest BCUT2D eigenvalue weighted by Gasteiger charge is 2.13. The lowest BCUT2D eigenvalue weighted by Gasteiger charge is -2.26. The molecular formula is C24H25N7. The number of nitrogens with one attached hydrogen (secondary N) is 2. The van der Waals surface area contributed by atoms with Crippen molar-refractivity contribution in [3.63, 3.8) is 0 Å². The number of likely N-dealkylation sites (tertiary alicyclic amines) is 1. The number of rotatable bonds is 6. The molecule has 0 amide bonds. The van der Waals surface area contributed by atoms with Crippen LogP contribution in [-0.2, 0) is 6.54 Å². The van der Waals surface area contributed by atoms with Gasteiger partial charge >= 0.3 is 0 Å². The van der Waals surface area contributed by atoms with Gasteiger partial charge in [-0.1, -0.05) is 19.1 Å². The lowest BCUT2D eigenvalue weighted by Crippen LogP contribution is -2.29. The first-order chi connectivity index (χ1) is 15.3. The average molecular weight is 412 g/mol. The van der Waals surface area contributed by atoms with Crippen molar-refractivity contribution in [3.05, 3.63) is 73.1 Å². The topological polar surface area (TPSA) is 82.6 Å². The molecule has 31 heavy (non-hydrogen) atoms. The van der Waals surface area contributed by atoms with E-state index in [-0.39, 0.29) is 0 Å². The minimum atomic E-state index is 0.634. The average Bonchev–Trinajstić information content (AvgIpc) is 3.24. The van der Waals surface area contributed by atoms with Crippen molar-refractivity contribution in [1.82, 2.24) is 30.0 Å². The highest BCUT2D eigenvalue weighted by Crippen LogP contribution is 2.28. The molecular weight excluding hydrogens is 386 g/mol. The van der Waals surface area contributed by atoms with Crippen LogP contribution in [0.3, 0.4) is 0 Å². The lowest BCUT2D eigenvalue weighted by atomic mass is 10.0. The van der Waals surface area contributed by atoms with Gasteiger partial charge in [0.15, 0.2) is 0 Å². The van der Waals surface area contributed by atoms with Gasteiger partial charge in [-0.2, -0.15) is 5.10 Å². The maximum Gasteiger partial charge on any atom is 0.148 e. The van der Waals surface area contributed by atoms with E-state index in [1.54, 1.807) is 18.6 Å². The molecule has 2 N–H and O–H groups in total. The molecule has 0 atom stereocenters. The first kappa shape index (κ1) is 19.4. The number of aromatic nitrogens is 5. The first-order valence-corrected chi connectivity index (χ1v) is 10.6. The summed E-state index contributed by atoms with van der Waals surface area (Å²) in [4.78, 5) is 15.4. The van der Waals surface area contributed by atoms with Crippen LogP contribution in [0.1, 0.15) is 30.5 Å². The van der Waals surface area contributed by atoms with Gasteiger partial charge in [-0.3, -0.25) is 20.0 Å². The van der Waals surface area contributed by atoms with Crippen LogP contribution < -0.4 is 5.32 Å². The van der Waals surface area contributed by atoms with Crippen LogP contribution in [-0.4, -0.2) is 43.1 Å². The largest absolute Gasteiger partial charge is 0.338 e. The molecule has 0 bridgehead atoms. The van der Waals surface area contributed by atoms with Crippen molar-refractivity contribution < 1.29 is 0 Å². The number of benzene rings is 1. The maximum absolute atomic E-state index is 4.51. The predicted octanol–water partition coefficient (Wildman–Crippen LogP) is 4.48. The summed E-state index contributed by atoms with van der Waals surface area (Å²) < 4.78 is 0. The second-order valence-electron chi connectivity index (χ2n) is 7.95. The van der Waals surface area contributed by atoms with Gasteiger partial charge in [-0.15, -0.1) is 0 Å². The molecule has 0 saturated carbocycles.